The Morgan fingerprint density at radius 1 is 1.21 bits per heavy atom. The third kappa shape index (κ3) is 7.08. The zero-order chi connectivity index (χ0) is 24.7. The van der Waals surface area contributed by atoms with Crippen LogP contribution < -0.4 is 15.4 Å². The van der Waals surface area contributed by atoms with Crippen molar-refractivity contribution in [1.29, 1.82) is 0 Å². The van der Waals surface area contributed by atoms with E-state index in [0.29, 0.717) is 35.7 Å². The van der Waals surface area contributed by atoms with Crippen molar-refractivity contribution in [3.05, 3.63) is 63.4 Å². The number of carbonyl (C=O) groups excluding carboxylic acids is 3. The topological polar surface area (TPSA) is 87.7 Å². The van der Waals surface area contributed by atoms with Crippen LogP contribution >= 0.6 is 23.2 Å². The summed E-state index contributed by atoms with van der Waals surface area (Å²) in [5.41, 5.74) is 0.399. The van der Waals surface area contributed by atoms with Crippen molar-refractivity contribution in [2.24, 2.45) is 0 Å². The van der Waals surface area contributed by atoms with Crippen LogP contribution in [0.3, 0.4) is 0 Å². The number of nitrogens with one attached hydrogen (secondary N) is 2. The van der Waals surface area contributed by atoms with Crippen molar-refractivity contribution >= 4 is 40.9 Å². The van der Waals surface area contributed by atoms with Gasteiger partial charge in [-0.2, -0.15) is 0 Å². The quantitative estimate of drug-likeness (QED) is 0.647. The van der Waals surface area contributed by atoms with E-state index in [1.165, 1.54) is 29.2 Å². The van der Waals surface area contributed by atoms with Crippen LogP contribution in [0.5, 0.6) is 5.75 Å². The van der Waals surface area contributed by atoms with Crippen molar-refractivity contribution in [1.82, 2.24) is 15.5 Å². The van der Waals surface area contributed by atoms with E-state index in [2.05, 4.69) is 10.6 Å². The molecule has 2 aromatic rings. The lowest BCUT2D eigenvalue weighted by molar-refractivity contribution is -0.135. The number of nitrogens with zero attached hydrogens (tertiary/aromatic N) is 1. The molecule has 0 radical (unpaired) electrons. The van der Waals surface area contributed by atoms with Gasteiger partial charge in [0.1, 0.15) is 18.2 Å². The number of amides is 3. The second kappa shape index (κ2) is 12.0. The lowest BCUT2D eigenvalue weighted by atomic mass is 10.1. The Labute approximate surface area is 207 Å². The van der Waals surface area contributed by atoms with Crippen molar-refractivity contribution in [3.8, 4) is 5.75 Å². The average molecular weight is 510 g/mol. The van der Waals surface area contributed by atoms with E-state index in [4.69, 9.17) is 27.9 Å². The van der Waals surface area contributed by atoms with Gasteiger partial charge in [0.15, 0.2) is 0 Å². The largest absolute Gasteiger partial charge is 0.491 e. The molecule has 2 aromatic carbocycles. The average Bonchev–Trinajstić information content (AvgIpc) is 2.79. The number of carbonyl (C=O) groups is 3. The van der Waals surface area contributed by atoms with E-state index in [9.17, 15) is 18.8 Å². The Morgan fingerprint density at radius 3 is 2.76 bits per heavy atom. The van der Waals surface area contributed by atoms with Crippen LogP contribution in [0.2, 0.25) is 10.0 Å². The van der Waals surface area contributed by atoms with Crippen molar-refractivity contribution in [2.75, 3.05) is 26.2 Å². The minimum absolute atomic E-state index is 0.0934. The minimum Gasteiger partial charge on any atom is -0.491 e. The Kier molecular flexibility index (Phi) is 9.12. The fourth-order valence-electron chi connectivity index (χ4n) is 3.54. The summed E-state index contributed by atoms with van der Waals surface area (Å²) >= 11 is 12.1. The van der Waals surface area contributed by atoms with E-state index in [0.717, 1.165) is 0 Å². The molecule has 1 aliphatic rings. The lowest BCUT2D eigenvalue weighted by Crippen LogP contribution is -2.45. The number of rotatable bonds is 2. The molecule has 0 unspecified atom stereocenters. The first-order chi connectivity index (χ1) is 16.2. The molecule has 182 valence electrons. The smallest absolute Gasteiger partial charge is 0.255 e. The molecule has 3 amide bonds. The summed E-state index contributed by atoms with van der Waals surface area (Å²) in [4.78, 5) is 39.6. The van der Waals surface area contributed by atoms with Crippen LogP contribution in [0.25, 0.3) is 0 Å². The van der Waals surface area contributed by atoms with Gasteiger partial charge in [0, 0.05) is 28.7 Å². The van der Waals surface area contributed by atoms with Crippen LogP contribution in [0, 0.1) is 5.82 Å². The predicted octanol–water partition coefficient (Wildman–Crippen LogP) is 3.61. The summed E-state index contributed by atoms with van der Waals surface area (Å²) in [6.07, 6.45) is 0.827. The first kappa shape index (κ1) is 25.8. The summed E-state index contributed by atoms with van der Waals surface area (Å²) in [6.45, 7) is 2.28. The minimum atomic E-state index is -0.572. The highest BCUT2D eigenvalue weighted by atomic mass is 35.5. The van der Waals surface area contributed by atoms with Gasteiger partial charge in [-0.1, -0.05) is 29.3 Å². The molecule has 0 saturated heterocycles. The number of halogens is 3. The molecular weight excluding hydrogens is 484 g/mol. The first-order valence-electron chi connectivity index (χ1n) is 10.9. The molecule has 10 heteroatoms. The maximum atomic E-state index is 14.2. The molecule has 0 aromatic heterocycles. The van der Waals surface area contributed by atoms with Crippen LogP contribution in [0.1, 0.15) is 35.7 Å². The Hall–Kier alpha value is -2.84. The fraction of sp³-hybridized carbons (Fsp3) is 0.375. The molecule has 0 fully saturated rings. The molecule has 1 heterocycles. The second-order valence-electron chi connectivity index (χ2n) is 8.08. The molecule has 1 aliphatic heterocycles. The second-order valence-corrected chi connectivity index (χ2v) is 8.92. The Balaban J connectivity index is 1.73. The summed E-state index contributed by atoms with van der Waals surface area (Å²) in [5, 5.41) is 6.17. The van der Waals surface area contributed by atoms with Crippen molar-refractivity contribution in [3.63, 3.8) is 0 Å². The van der Waals surface area contributed by atoms with Gasteiger partial charge in [-0.25, -0.2) is 4.39 Å². The number of hydrogen-bond donors (Lipinski definition) is 2. The fourth-order valence-corrected chi connectivity index (χ4v) is 3.94. The monoisotopic (exact) mass is 509 g/mol. The molecule has 7 nitrogen and oxygen atoms in total. The van der Waals surface area contributed by atoms with Gasteiger partial charge in [0.2, 0.25) is 11.8 Å². The zero-order valence-corrected chi connectivity index (χ0v) is 20.2. The number of fused-ring (bicyclic) bond motifs is 1. The molecule has 0 bridgehead atoms. The predicted molar refractivity (Wildman–Crippen MR) is 128 cm³/mol. The summed E-state index contributed by atoms with van der Waals surface area (Å²) < 4.78 is 19.9. The molecule has 2 N–H and O–H groups in total. The zero-order valence-electron chi connectivity index (χ0n) is 18.7. The van der Waals surface area contributed by atoms with E-state index < -0.39 is 17.8 Å². The van der Waals surface area contributed by atoms with E-state index >= 15 is 0 Å². The van der Waals surface area contributed by atoms with Gasteiger partial charge in [-0.05, 0) is 50.1 Å². The summed E-state index contributed by atoms with van der Waals surface area (Å²) in [7, 11) is 0. The maximum absolute atomic E-state index is 14.2. The van der Waals surface area contributed by atoms with Crippen molar-refractivity contribution in [2.45, 2.75) is 32.2 Å². The molecule has 34 heavy (non-hydrogen) atoms. The SMILES string of the molecule is C[C@H]1COc2ccc(Cl)cc2C(=O)NCCCCN(C(=O)Cc2c(F)cccc2Cl)CC(=O)N1. The third-order valence-corrected chi connectivity index (χ3v) is 5.89. The number of benzene rings is 2. The Morgan fingerprint density at radius 2 is 2.00 bits per heavy atom. The Bertz CT molecular complexity index is 1050. The summed E-state index contributed by atoms with van der Waals surface area (Å²) in [5.74, 6) is -1.33. The van der Waals surface area contributed by atoms with Crippen LogP contribution in [0.15, 0.2) is 36.4 Å². The molecular formula is C24H26Cl2FN3O4. The highest BCUT2D eigenvalue weighted by Gasteiger charge is 2.22. The van der Waals surface area contributed by atoms with Crippen LogP contribution in [-0.2, 0) is 16.0 Å². The number of hydrogen-bond acceptors (Lipinski definition) is 4. The molecule has 0 aliphatic carbocycles. The molecule has 0 saturated carbocycles. The standard InChI is InChI=1S/C24H26Cl2FN3O4/c1-15-14-34-21-8-7-16(25)11-18(21)24(33)28-9-2-3-10-30(13-22(31)29-15)23(32)12-17-19(26)5-4-6-20(17)27/h4-8,11,15H,2-3,9-10,12-14H2,1H3,(H,28,33)(H,29,31)/t15-/m0/s1. The molecule has 1 atom stereocenters. The molecule has 0 spiro atoms. The van der Waals surface area contributed by atoms with E-state index in [-0.39, 0.29) is 48.5 Å². The van der Waals surface area contributed by atoms with Gasteiger partial charge in [0.05, 0.1) is 24.6 Å². The normalized spacial score (nSPS) is 18.0. The third-order valence-electron chi connectivity index (χ3n) is 5.30. The molecule has 3 rings (SSSR count). The highest BCUT2D eigenvalue weighted by Crippen LogP contribution is 2.23. The lowest BCUT2D eigenvalue weighted by Gasteiger charge is -2.24. The van der Waals surface area contributed by atoms with Gasteiger partial charge >= 0.3 is 0 Å². The van der Waals surface area contributed by atoms with E-state index in [1.54, 1.807) is 19.1 Å². The number of ether oxygens (including phenoxy) is 1. The van der Waals surface area contributed by atoms with Gasteiger partial charge in [-0.3, -0.25) is 14.4 Å². The highest BCUT2D eigenvalue weighted by molar-refractivity contribution is 6.31. The van der Waals surface area contributed by atoms with E-state index in [1.807, 2.05) is 0 Å². The maximum Gasteiger partial charge on any atom is 0.255 e. The van der Waals surface area contributed by atoms with Gasteiger partial charge < -0.3 is 20.3 Å². The van der Waals surface area contributed by atoms with Gasteiger partial charge in [-0.15, -0.1) is 0 Å². The van der Waals surface area contributed by atoms with Crippen LogP contribution in [0.4, 0.5) is 4.39 Å². The van der Waals surface area contributed by atoms with Crippen molar-refractivity contribution < 1.29 is 23.5 Å². The first-order valence-corrected chi connectivity index (χ1v) is 11.7. The van der Waals surface area contributed by atoms with Gasteiger partial charge in [0.25, 0.3) is 5.91 Å². The van der Waals surface area contributed by atoms with Crippen LogP contribution in [-0.4, -0.2) is 54.9 Å². The summed E-state index contributed by atoms with van der Waals surface area (Å²) in [6, 6.07) is 8.58.